The minimum Gasteiger partial charge on any atom is -0.288 e. The monoisotopic (exact) mass is 308 g/mol. The number of nitriles is 1. The molecule has 1 aliphatic heterocycles. The van der Waals surface area contributed by atoms with Crippen molar-refractivity contribution in [1.82, 2.24) is 0 Å². The molecule has 1 atom stereocenters. The Balaban J connectivity index is 2.13. The summed E-state index contributed by atoms with van der Waals surface area (Å²) in [6.45, 7) is 6.24. The molecular weight excluding hydrogens is 291 g/mol. The fraction of sp³-hybridized carbons (Fsp3) is 0.263. The number of rotatable bonds is 1. The van der Waals surface area contributed by atoms with Crippen molar-refractivity contribution in [3.63, 3.8) is 0 Å². The standard InChI is InChI=1S/C19H17FN2O/c1-19(2,3)12-7-8-15-16(9-12)17(11-21)22(18(15)23)14-6-4-5-13(20)10-14/h4-10,17H,1-3H3. The maximum Gasteiger partial charge on any atom is 0.260 e. The second kappa shape index (κ2) is 5.20. The van der Waals surface area contributed by atoms with Gasteiger partial charge in [-0.3, -0.25) is 9.69 Å². The molecule has 0 saturated heterocycles. The zero-order valence-electron chi connectivity index (χ0n) is 13.3. The van der Waals surface area contributed by atoms with Crippen molar-refractivity contribution in [3.8, 4) is 6.07 Å². The van der Waals surface area contributed by atoms with E-state index in [0.717, 1.165) is 5.56 Å². The van der Waals surface area contributed by atoms with Crippen molar-refractivity contribution in [2.75, 3.05) is 4.90 Å². The number of nitrogens with zero attached hydrogens (tertiary/aromatic N) is 2. The summed E-state index contributed by atoms with van der Waals surface area (Å²) in [6.07, 6.45) is 0. The molecule has 0 aliphatic carbocycles. The third kappa shape index (κ3) is 2.49. The van der Waals surface area contributed by atoms with E-state index in [4.69, 9.17) is 0 Å². The molecule has 0 spiro atoms. The van der Waals surface area contributed by atoms with Crippen molar-refractivity contribution in [1.29, 1.82) is 5.26 Å². The zero-order chi connectivity index (χ0) is 16.8. The molecule has 1 unspecified atom stereocenters. The molecule has 0 N–H and O–H groups in total. The number of anilines is 1. The Bertz CT molecular complexity index is 830. The van der Waals surface area contributed by atoms with E-state index in [2.05, 4.69) is 26.8 Å². The number of fused-ring (bicyclic) bond motifs is 1. The zero-order valence-corrected chi connectivity index (χ0v) is 13.3. The van der Waals surface area contributed by atoms with Gasteiger partial charge in [-0.25, -0.2) is 4.39 Å². The lowest BCUT2D eigenvalue weighted by Crippen LogP contribution is -2.26. The van der Waals surface area contributed by atoms with Gasteiger partial charge in [0.2, 0.25) is 0 Å². The van der Waals surface area contributed by atoms with Crippen LogP contribution in [-0.2, 0) is 5.41 Å². The molecular formula is C19H17FN2O. The van der Waals surface area contributed by atoms with E-state index in [1.165, 1.54) is 23.1 Å². The average molecular weight is 308 g/mol. The molecule has 1 heterocycles. The Morgan fingerprint density at radius 2 is 1.91 bits per heavy atom. The number of hydrogen-bond acceptors (Lipinski definition) is 2. The van der Waals surface area contributed by atoms with Crippen LogP contribution in [0, 0.1) is 17.1 Å². The molecule has 0 saturated carbocycles. The van der Waals surface area contributed by atoms with Crippen LogP contribution in [0.25, 0.3) is 0 Å². The van der Waals surface area contributed by atoms with Gasteiger partial charge in [-0.1, -0.05) is 39.0 Å². The summed E-state index contributed by atoms with van der Waals surface area (Å²) in [6, 6.07) is 12.8. The van der Waals surface area contributed by atoms with Crippen molar-refractivity contribution in [2.45, 2.75) is 32.2 Å². The van der Waals surface area contributed by atoms with E-state index in [1.54, 1.807) is 12.1 Å². The van der Waals surface area contributed by atoms with Gasteiger partial charge in [-0.2, -0.15) is 5.26 Å². The van der Waals surface area contributed by atoms with E-state index in [-0.39, 0.29) is 11.3 Å². The molecule has 0 fully saturated rings. The minimum absolute atomic E-state index is 0.0790. The van der Waals surface area contributed by atoms with Crippen LogP contribution in [0.2, 0.25) is 0 Å². The SMILES string of the molecule is CC(C)(C)c1ccc2c(c1)C(C#N)N(c1cccc(F)c1)C2=O. The highest BCUT2D eigenvalue weighted by atomic mass is 19.1. The Hall–Kier alpha value is -2.67. The van der Waals surface area contributed by atoms with Gasteiger partial charge in [0.1, 0.15) is 5.82 Å². The average Bonchev–Trinajstić information content (AvgIpc) is 2.78. The van der Waals surface area contributed by atoms with Crippen molar-refractivity contribution < 1.29 is 9.18 Å². The van der Waals surface area contributed by atoms with Gasteiger partial charge in [0.05, 0.1) is 6.07 Å². The lowest BCUT2D eigenvalue weighted by atomic mass is 9.85. The maximum atomic E-state index is 13.5. The van der Waals surface area contributed by atoms with E-state index < -0.39 is 11.9 Å². The lowest BCUT2D eigenvalue weighted by molar-refractivity contribution is 0.0994. The summed E-state index contributed by atoms with van der Waals surface area (Å²) in [7, 11) is 0. The molecule has 2 aromatic carbocycles. The first kappa shape index (κ1) is 15.2. The molecule has 3 nitrogen and oxygen atoms in total. The highest BCUT2D eigenvalue weighted by molar-refractivity contribution is 6.11. The van der Waals surface area contributed by atoms with Crippen LogP contribution in [-0.4, -0.2) is 5.91 Å². The fourth-order valence-electron chi connectivity index (χ4n) is 2.86. The quantitative estimate of drug-likeness (QED) is 0.786. The number of carbonyl (C=O) groups is 1. The van der Waals surface area contributed by atoms with Crippen molar-refractivity contribution in [2.24, 2.45) is 0 Å². The first-order valence-corrected chi connectivity index (χ1v) is 7.46. The first-order valence-electron chi connectivity index (χ1n) is 7.46. The molecule has 1 amide bonds. The summed E-state index contributed by atoms with van der Waals surface area (Å²) in [5, 5.41) is 9.59. The summed E-state index contributed by atoms with van der Waals surface area (Å²) in [5.41, 5.74) is 2.58. The van der Waals surface area contributed by atoms with Gasteiger partial charge < -0.3 is 0 Å². The largest absolute Gasteiger partial charge is 0.288 e. The van der Waals surface area contributed by atoms with Crippen LogP contribution in [0.4, 0.5) is 10.1 Å². The summed E-state index contributed by atoms with van der Waals surface area (Å²) in [5.74, 6) is -0.698. The summed E-state index contributed by atoms with van der Waals surface area (Å²) in [4.78, 5) is 14.1. The molecule has 2 aromatic rings. The molecule has 0 bridgehead atoms. The predicted molar refractivity (Wildman–Crippen MR) is 86.7 cm³/mol. The molecule has 116 valence electrons. The van der Waals surface area contributed by atoms with Crippen LogP contribution in [0.5, 0.6) is 0 Å². The molecule has 0 radical (unpaired) electrons. The van der Waals surface area contributed by atoms with Crippen LogP contribution in [0.15, 0.2) is 42.5 Å². The van der Waals surface area contributed by atoms with Gasteiger partial charge >= 0.3 is 0 Å². The summed E-state index contributed by atoms with van der Waals surface area (Å²) < 4.78 is 13.5. The fourth-order valence-corrected chi connectivity index (χ4v) is 2.86. The van der Waals surface area contributed by atoms with E-state index in [1.807, 2.05) is 12.1 Å². The predicted octanol–water partition coefficient (Wildman–Crippen LogP) is 4.35. The second-order valence-electron chi connectivity index (χ2n) is 6.74. The Morgan fingerprint density at radius 1 is 1.17 bits per heavy atom. The highest BCUT2D eigenvalue weighted by Crippen LogP contribution is 2.39. The van der Waals surface area contributed by atoms with Gasteiger partial charge in [0, 0.05) is 16.8 Å². The van der Waals surface area contributed by atoms with Gasteiger partial charge in [0.25, 0.3) is 5.91 Å². The number of benzene rings is 2. The second-order valence-corrected chi connectivity index (χ2v) is 6.74. The number of amides is 1. The smallest absolute Gasteiger partial charge is 0.260 e. The molecule has 23 heavy (non-hydrogen) atoms. The summed E-state index contributed by atoms with van der Waals surface area (Å²) >= 11 is 0. The Kier molecular flexibility index (Phi) is 3.45. The molecule has 0 aromatic heterocycles. The molecule has 4 heteroatoms. The number of halogens is 1. The number of hydrogen-bond donors (Lipinski definition) is 0. The van der Waals surface area contributed by atoms with Crippen LogP contribution in [0.3, 0.4) is 0 Å². The molecule has 1 aliphatic rings. The van der Waals surface area contributed by atoms with Gasteiger partial charge in [-0.05, 0) is 35.2 Å². The van der Waals surface area contributed by atoms with Gasteiger partial charge in [0.15, 0.2) is 6.04 Å². The minimum atomic E-state index is -0.735. The topological polar surface area (TPSA) is 44.1 Å². The van der Waals surface area contributed by atoms with Crippen LogP contribution < -0.4 is 4.90 Å². The third-order valence-electron chi connectivity index (χ3n) is 4.13. The first-order chi connectivity index (χ1) is 10.8. The Morgan fingerprint density at radius 3 is 2.52 bits per heavy atom. The van der Waals surface area contributed by atoms with Gasteiger partial charge in [-0.15, -0.1) is 0 Å². The Labute approximate surface area is 135 Å². The maximum absolute atomic E-state index is 13.5. The van der Waals surface area contributed by atoms with Crippen molar-refractivity contribution in [3.05, 3.63) is 65.0 Å². The van der Waals surface area contributed by atoms with Crippen molar-refractivity contribution >= 4 is 11.6 Å². The number of carbonyl (C=O) groups excluding carboxylic acids is 1. The van der Waals surface area contributed by atoms with E-state index in [9.17, 15) is 14.4 Å². The highest BCUT2D eigenvalue weighted by Gasteiger charge is 2.38. The third-order valence-corrected chi connectivity index (χ3v) is 4.13. The lowest BCUT2D eigenvalue weighted by Gasteiger charge is -2.21. The van der Waals surface area contributed by atoms with Crippen LogP contribution >= 0.6 is 0 Å². The normalized spacial score (nSPS) is 17.1. The molecule has 3 rings (SSSR count). The van der Waals surface area contributed by atoms with E-state index >= 15 is 0 Å². The van der Waals surface area contributed by atoms with E-state index in [0.29, 0.717) is 16.8 Å². The van der Waals surface area contributed by atoms with Crippen LogP contribution in [0.1, 0.15) is 48.3 Å².